The number of fused-ring (bicyclic) bond motifs is 2. The van der Waals surface area contributed by atoms with Gasteiger partial charge in [0.25, 0.3) is 5.91 Å². The van der Waals surface area contributed by atoms with Gasteiger partial charge in [0.05, 0.1) is 17.0 Å². The van der Waals surface area contributed by atoms with Gasteiger partial charge in [-0.05, 0) is 63.8 Å². The molecule has 29 heavy (non-hydrogen) atoms. The summed E-state index contributed by atoms with van der Waals surface area (Å²) in [6.45, 7) is 3.18. The summed E-state index contributed by atoms with van der Waals surface area (Å²) in [4.78, 5) is 30.3. The number of nitrogens with zero attached hydrogens (tertiary/aromatic N) is 2. The van der Waals surface area contributed by atoms with Gasteiger partial charge in [-0.15, -0.1) is 0 Å². The second-order valence-corrected chi connectivity index (χ2v) is 7.78. The third-order valence-corrected chi connectivity index (χ3v) is 5.31. The number of carbonyl (C=O) groups is 1. The van der Waals surface area contributed by atoms with Gasteiger partial charge >= 0.3 is 0 Å². The highest BCUT2D eigenvalue weighted by atomic mass is 19.1. The Kier molecular flexibility index (Phi) is 4.96. The molecule has 6 heteroatoms. The van der Waals surface area contributed by atoms with Gasteiger partial charge < -0.3 is 14.2 Å². The Hall–Kier alpha value is -2.99. The molecule has 0 N–H and O–H groups in total. The van der Waals surface area contributed by atoms with Gasteiger partial charge in [0.1, 0.15) is 11.4 Å². The topological polar surface area (TPSA) is 53.8 Å². The molecule has 2 heterocycles. The second-order valence-electron chi connectivity index (χ2n) is 7.78. The van der Waals surface area contributed by atoms with Crippen LogP contribution in [0.4, 0.5) is 4.39 Å². The fourth-order valence-corrected chi connectivity index (χ4v) is 3.91. The van der Waals surface area contributed by atoms with Crippen LogP contribution in [-0.2, 0) is 0 Å². The Balaban J connectivity index is 1.88. The summed E-state index contributed by atoms with van der Waals surface area (Å²) in [5, 5.41) is 0.457. The summed E-state index contributed by atoms with van der Waals surface area (Å²) >= 11 is 0. The monoisotopic (exact) mass is 394 g/mol. The number of hydrogen-bond acceptors (Lipinski definition) is 4. The van der Waals surface area contributed by atoms with Gasteiger partial charge in [0, 0.05) is 6.54 Å². The van der Waals surface area contributed by atoms with Crippen molar-refractivity contribution in [2.45, 2.75) is 19.4 Å². The van der Waals surface area contributed by atoms with Crippen molar-refractivity contribution in [2.75, 3.05) is 27.2 Å². The highest BCUT2D eigenvalue weighted by Gasteiger charge is 2.42. The van der Waals surface area contributed by atoms with E-state index in [4.69, 9.17) is 4.42 Å². The Morgan fingerprint density at radius 1 is 1.10 bits per heavy atom. The molecule has 0 radical (unpaired) electrons. The van der Waals surface area contributed by atoms with E-state index in [2.05, 4.69) is 0 Å². The normalized spacial score (nSPS) is 16.1. The van der Waals surface area contributed by atoms with Crippen molar-refractivity contribution >= 4 is 16.9 Å². The molecule has 1 aromatic heterocycles. The van der Waals surface area contributed by atoms with E-state index in [-0.39, 0.29) is 22.9 Å². The second kappa shape index (κ2) is 7.44. The minimum atomic E-state index is -0.582. The number of hydrogen-bond donors (Lipinski definition) is 0. The first-order valence-electron chi connectivity index (χ1n) is 9.65. The summed E-state index contributed by atoms with van der Waals surface area (Å²) in [6, 6.07) is 10.7. The predicted octanol–water partition coefficient (Wildman–Crippen LogP) is 3.74. The summed E-state index contributed by atoms with van der Waals surface area (Å²) in [7, 11) is 3.94. The lowest BCUT2D eigenvalue weighted by Crippen LogP contribution is -2.32. The fraction of sp³-hybridized carbons (Fsp3) is 0.304. The van der Waals surface area contributed by atoms with Gasteiger partial charge in [0.15, 0.2) is 5.43 Å². The lowest BCUT2D eigenvalue weighted by molar-refractivity contribution is 0.0722. The lowest BCUT2D eigenvalue weighted by atomic mass is 9.98. The molecule has 1 aliphatic rings. The van der Waals surface area contributed by atoms with Crippen molar-refractivity contribution in [3.63, 3.8) is 0 Å². The SMILES string of the molecule is Cc1ccc2oc3c(c(=O)c2c1)[C@H](c1ccc(F)cc1)N(CCCN(C)C)C3=O. The molecule has 150 valence electrons. The molecule has 3 aromatic rings. The maximum absolute atomic E-state index is 13.5. The van der Waals surface area contributed by atoms with Crippen LogP contribution in [0.2, 0.25) is 0 Å². The molecule has 0 fully saturated rings. The molecule has 4 rings (SSSR count). The fourth-order valence-electron chi connectivity index (χ4n) is 3.91. The average Bonchev–Trinajstić information content (AvgIpc) is 2.95. The zero-order chi connectivity index (χ0) is 20.7. The molecular weight excluding hydrogens is 371 g/mol. The van der Waals surface area contributed by atoms with Crippen LogP contribution in [-0.4, -0.2) is 42.9 Å². The third kappa shape index (κ3) is 3.44. The van der Waals surface area contributed by atoms with E-state index >= 15 is 0 Å². The highest BCUT2D eigenvalue weighted by Crippen LogP contribution is 2.38. The first kappa shape index (κ1) is 19.3. The van der Waals surface area contributed by atoms with Crippen LogP contribution in [0.15, 0.2) is 51.7 Å². The molecule has 0 aliphatic carbocycles. The first-order chi connectivity index (χ1) is 13.9. The van der Waals surface area contributed by atoms with E-state index in [1.807, 2.05) is 32.0 Å². The van der Waals surface area contributed by atoms with E-state index in [9.17, 15) is 14.0 Å². The highest BCUT2D eigenvalue weighted by molar-refractivity contribution is 5.99. The van der Waals surface area contributed by atoms with Crippen LogP contribution in [0.1, 0.15) is 39.7 Å². The zero-order valence-electron chi connectivity index (χ0n) is 16.7. The van der Waals surface area contributed by atoms with Crippen molar-refractivity contribution in [3.05, 3.63) is 81.0 Å². The molecular formula is C23H23FN2O3. The average molecular weight is 394 g/mol. The number of carbonyl (C=O) groups excluding carboxylic acids is 1. The van der Waals surface area contributed by atoms with E-state index in [1.165, 1.54) is 12.1 Å². The predicted molar refractivity (Wildman–Crippen MR) is 110 cm³/mol. The van der Waals surface area contributed by atoms with Crippen molar-refractivity contribution < 1.29 is 13.6 Å². The van der Waals surface area contributed by atoms with Gasteiger partial charge in [-0.25, -0.2) is 4.39 Å². The lowest BCUT2D eigenvalue weighted by Gasteiger charge is -2.25. The molecule has 0 bridgehead atoms. The summed E-state index contributed by atoms with van der Waals surface area (Å²) in [5.74, 6) is -0.572. The molecule has 0 saturated heterocycles. The van der Waals surface area contributed by atoms with Crippen LogP contribution >= 0.6 is 0 Å². The summed E-state index contributed by atoms with van der Waals surface area (Å²) in [6.07, 6.45) is 0.747. The number of benzene rings is 2. The molecule has 1 amide bonds. The Morgan fingerprint density at radius 3 is 2.52 bits per heavy atom. The van der Waals surface area contributed by atoms with Gasteiger partial charge in [0.2, 0.25) is 5.76 Å². The Labute approximate surface area is 168 Å². The quantitative estimate of drug-likeness (QED) is 0.662. The maximum Gasteiger partial charge on any atom is 0.290 e. The van der Waals surface area contributed by atoms with Crippen LogP contribution in [0.5, 0.6) is 0 Å². The molecule has 5 nitrogen and oxygen atoms in total. The smallest absolute Gasteiger partial charge is 0.290 e. The maximum atomic E-state index is 13.5. The minimum Gasteiger partial charge on any atom is -0.450 e. The summed E-state index contributed by atoms with van der Waals surface area (Å²) in [5.41, 5.74) is 2.17. The van der Waals surface area contributed by atoms with Crippen molar-refractivity contribution in [1.82, 2.24) is 9.80 Å². The van der Waals surface area contributed by atoms with Crippen LogP contribution in [0.3, 0.4) is 0 Å². The summed E-state index contributed by atoms with van der Waals surface area (Å²) < 4.78 is 19.4. The molecule has 0 saturated carbocycles. The van der Waals surface area contributed by atoms with E-state index in [0.717, 1.165) is 18.5 Å². The van der Waals surface area contributed by atoms with Crippen molar-refractivity contribution in [2.24, 2.45) is 0 Å². The zero-order valence-corrected chi connectivity index (χ0v) is 16.7. The van der Waals surface area contributed by atoms with E-state index in [1.54, 1.807) is 29.2 Å². The Bertz CT molecular complexity index is 1140. The largest absolute Gasteiger partial charge is 0.450 e. The van der Waals surface area contributed by atoms with Gasteiger partial charge in [-0.2, -0.15) is 0 Å². The van der Waals surface area contributed by atoms with Crippen LogP contribution < -0.4 is 5.43 Å². The third-order valence-electron chi connectivity index (χ3n) is 5.31. The molecule has 0 spiro atoms. The molecule has 1 atom stereocenters. The minimum absolute atomic E-state index is 0.0885. The van der Waals surface area contributed by atoms with Crippen LogP contribution in [0, 0.1) is 12.7 Å². The Morgan fingerprint density at radius 2 is 1.83 bits per heavy atom. The van der Waals surface area contributed by atoms with E-state index < -0.39 is 6.04 Å². The van der Waals surface area contributed by atoms with Crippen molar-refractivity contribution in [3.8, 4) is 0 Å². The first-order valence-corrected chi connectivity index (χ1v) is 9.65. The molecule has 0 unspecified atom stereocenters. The van der Waals surface area contributed by atoms with Crippen molar-refractivity contribution in [1.29, 1.82) is 0 Å². The number of aryl methyl sites for hydroxylation is 1. The van der Waals surface area contributed by atoms with Gasteiger partial charge in [-0.1, -0.05) is 23.8 Å². The number of amides is 1. The molecule has 1 aliphatic heterocycles. The van der Waals surface area contributed by atoms with Crippen LogP contribution in [0.25, 0.3) is 11.0 Å². The number of rotatable bonds is 5. The van der Waals surface area contributed by atoms with E-state index in [0.29, 0.717) is 28.6 Å². The standard InChI is InChI=1S/C23H23FN2O3/c1-14-5-10-18-17(13-14)21(27)19-20(15-6-8-16(24)9-7-15)26(12-4-11-25(2)3)23(28)22(19)29-18/h5-10,13,20H,4,11-12H2,1-3H3/t20-/m0/s1. The molecule has 2 aromatic carbocycles. The number of halogens is 1. The van der Waals surface area contributed by atoms with Gasteiger partial charge in [-0.3, -0.25) is 9.59 Å².